The fourth-order valence-electron chi connectivity index (χ4n) is 3.47. The second-order valence-electron chi connectivity index (χ2n) is 6.66. The van der Waals surface area contributed by atoms with Gasteiger partial charge < -0.3 is 9.88 Å². The van der Waals surface area contributed by atoms with E-state index < -0.39 is 0 Å². The van der Waals surface area contributed by atoms with E-state index in [1.807, 2.05) is 36.4 Å². The SMILES string of the molecule is N#Cc1ccc2[nH]c(C3CN(c4nccnc4-c4ccccc4)C3)nc2c1. The summed E-state index contributed by atoms with van der Waals surface area (Å²) >= 11 is 0. The molecule has 0 atom stereocenters. The quantitative estimate of drug-likeness (QED) is 0.610. The highest BCUT2D eigenvalue weighted by atomic mass is 15.3. The van der Waals surface area contributed by atoms with Crippen LogP contribution >= 0.6 is 0 Å². The molecule has 0 saturated carbocycles. The van der Waals surface area contributed by atoms with E-state index in [9.17, 15) is 0 Å². The zero-order chi connectivity index (χ0) is 18.2. The lowest BCUT2D eigenvalue weighted by Crippen LogP contribution is -2.46. The number of imidazole rings is 1. The van der Waals surface area contributed by atoms with Crippen LogP contribution in [0.4, 0.5) is 5.82 Å². The maximum atomic E-state index is 9.04. The standard InChI is InChI=1S/C21H16N6/c22-11-14-6-7-17-18(10-14)26-20(25-17)16-12-27(13-16)21-19(23-8-9-24-21)15-4-2-1-3-5-15/h1-10,16H,12-13H2,(H,25,26). The van der Waals surface area contributed by atoms with Crippen LogP contribution in [0.2, 0.25) is 0 Å². The van der Waals surface area contributed by atoms with Crippen molar-refractivity contribution in [2.75, 3.05) is 18.0 Å². The van der Waals surface area contributed by atoms with Crippen LogP contribution in [0.5, 0.6) is 0 Å². The monoisotopic (exact) mass is 352 g/mol. The molecule has 1 saturated heterocycles. The molecule has 2 aromatic carbocycles. The van der Waals surface area contributed by atoms with Gasteiger partial charge in [0.25, 0.3) is 0 Å². The van der Waals surface area contributed by atoms with E-state index in [1.54, 1.807) is 12.4 Å². The van der Waals surface area contributed by atoms with Gasteiger partial charge in [0.05, 0.1) is 28.6 Å². The second kappa shape index (κ2) is 6.22. The van der Waals surface area contributed by atoms with E-state index >= 15 is 0 Å². The number of nitrogens with zero attached hydrogens (tertiary/aromatic N) is 5. The predicted molar refractivity (Wildman–Crippen MR) is 103 cm³/mol. The van der Waals surface area contributed by atoms with Crippen LogP contribution < -0.4 is 4.90 Å². The smallest absolute Gasteiger partial charge is 0.155 e. The average molecular weight is 352 g/mol. The Balaban J connectivity index is 1.39. The van der Waals surface area contributed by atoms with Crippen molar-refractivity contribution in [1.29, 1.82) is 5.26 Å². The number of hydrogen-bond acceptors (Lipinski definition) is 5. The molecule has 0 unspecified atom stereocenters. The Kier molecular flexibility index (Phi) is 3.58. The summed E-state index contributed by atoms with van der Waals surface area (Å²) in [5.74, 6) is 2.18. The molecule has 0 spiro atoms. The van der Waals surface area contributed by atoms with Crippen LogP contribution in [-0.2, 0) is 0 Å². The molecule has 1 aliphatic heterocycles. The third kappa shape index (κ3) is 2.70. The highest BCUT2D eigenvalue weighted by Gasteiger charge is 2.33. The fourth-order valence-corrected chi connectivity index (χ4v) is 3.47. The molecule has 4 aromatic rings. The van der Waals surface area contributed by atoms with Crippen molar-refractivity contribution >= 4 is 16.9 Å². The van der Waals surface area contributed by atoms with Crippen LogP contribution in [0.25, 0.3) is 22.3 Å². The normalized spacial score (nSPS) is 14.1. The maximum absolute atomic E-state index is 9.04. The summed E-state index contributed by atoms with van der Waals surface area (Å²) < 4.78 is 0. The lowest BCUT2D eigenvalue weighted by molar-refractivity contribution is 0.501. The van der Waals surface area contributed by atoms with Gasteiger partial charge in [0.2, 0.25) is 0 Å². The molecule has 6 nitrogen and oxygen atoms in total. The van der Waals surface area contributed by atoms with Crippen LogP contribution in [-0.4, -0.2) is 33.0 Å². The van der Waals surface area contributed by atoms with Gasteiger partial charge in [0.15, 0.2) is 5.82 Å². The molecule has 27 heavy (non-hydrogen) atoms. The van der Waals surface area contributed by atoms with Gasteiger partial charge >= 0.3 is 0 Å². The van der Waals surface area contributed by atoms with E-state index in [0.29, 0.717) is 11.5 Å². The molecule has 130 valence electrons. The summed E-state index contributed by atoms with van der Waals surface area (Å²) in [4.78, 5) is 19.4. The number of benzene rings is 2. The zero-order valence-electron chi connectivity index (χ0n) is 14.5. The number of nitriles is 1. The molecular formula is C21H16N6. The minimum atomic E-state index is 0.313. The van der Waals surface area contributed by atoms with E-state index in [-0.39, 0.29) is 0 Å². The maximum Gasteiger partial charge on any atom is 0.155 e. The van der Waals surface area contributed by atoms with Crippen LogP contribution in [0.1, 0.15) is 17.3 Å². The highest BCUT2D eigenvalue weighted by Crippen LogP contribution is 2.34. The van der Waals surface area contributed by atoms with E-state index in [0.717, 1.165) is 47.0 Å². The highest BCUT2D eigenvalue weighted by molar-refractivity contribution is 5.77. The minimum absolute atomic E-state index is 0.313. The Hall–Kier alpha value is -3.72. The first kappa shape index (κ1) is 15.5. The number of anilines is 1. The lowest BCUT2D eigenvalue weighted by atomic mass is 9.98. The molecular weight excluding hydrogens is 336 g/mol. The first-order chi connectivity index (χ1) is 13.3. The molecule has 0 aliphatic carbocycles. The first-order valence-corrected chi connectivity index (χ1v) is 8.83. The third-order valence-corrected chi connectivity index (χ3v) is 4.92. The summed E-state index contributed by atoms with van der Waals surface area (Å²) in [5, 5.41) is 9.04. The summed E-state index contributed by atoms with van der Waals surface area (Å²) in [7, 11) is 0. The molecule has 0 bridgehead atoms. The number of aromatic nitrogens is 4. The number of hydrogen-bond donors (Lipinski definition) is 1. The van der Waals surface area contributed by atoms with E-state index in [4.69, 9.17) is 5.26 Å². The van der Waals surface area contributed by atoms with Crippen LogP contribution in [0.15, 0.2) is 60.9 Å². The summed E-state index contributed by atoms with van der Waals surface area (Å²) in [6.07, 6.45) is 3.47. The van der Waals surface area contributed by atoms with Gasteiger partial charge in [-0.1, -0.05) is 30.3 Å². The topological polar surface area (TPSA) is 81.5 Å². The summed E-state index contributed by atoms with van der Waals surface area (Å²) in [6, 6.07) is 17.8. The number of rotatable bonds is 3. The van der Waals surface area contributed by atoms with Gasteiger partial charge in [0.1, 0.15) is 11.5 Å². The molecule has 0 amide bonds. The molecule has 6 heteroatoms. The Morgan fingerprint density at radius 3 is 2.67 bits per heavy atom. The van der Waals surface area contributed by atoms with Crippen molar-refractivity contribution in [1.82, 2.24) is 19.9 Å². The van der Waals surface area contributed by atoms with E-state index in [1.165, 1.54) is 0 Å². The van der Waals surface area contributed by atoms with Crippen molar-refractivity contribution in [2.45, 2.75) is 5.92 Å². The average Bonchev–Trinajstić information content (AvgIpc) is 3.10. The molecule has 5 rings (SSSR count). The molecule has 1 fully saturated rings. The molecule has 3 heterocycles. The van der Waals surface area contributed by atoms with Gasteiger partial charge in [0, 0.05) is 31.0 Å². The van der Waals surface area contributed by atoms with E-state index in [2.05, 4.69) is 43.0 Å². The number of nitrogens with one attached hydrogen (secondary N) is 1. The Bertz CT molecular complexity index is 1150. The van der Waals surface area contributed by atoms with Crippen molar-refractivity contribution in [2.24, 2.45) is 0 Å². The Morgan fingerprint density at radius 2 is 1.85 bits per heavy atom. The predicted octanol–water partition coefficient (Wildman–Crippen LogP) is 3.50. The van der Waals surface area contributed by atoms with Crippen LogP contribution in [0.3, 0.4) is 0 Å². The lowest BCUT2D eigenvalue weighted by Gasteiger charge is -2.39. The molecule has 2 aromatic heterocycles. The Morgan fingerprint density at radius 1 is 1.04 bits per heavy atom. The van der Waals surface area contributed by atoms with Crippen molar-refractivity contribution in [3.05, 3.63) is 72.3 Å². The minimum Gasteiger partial charge on any atom is -0.353 e. The van der Waals surface area contributed by atoms with Gasteiger partial charge in [-0.25, -0.2) is 9.97 Å². The van der Waals surface area contributed by atoms with Crippen molar-refractivity contribution < 1.29 is 0 Å². The van der Waals surface area contributed by atoms with Gasteiger partial charge in [-0.3, -0.25) is 4.98 Å². The van der Waals surface area contributed by atoms with Gasteiger partial charge in [-0.2, -0.15) is 5.26 Å². The summed E-state index contributed by atoms with van der Waals surface area (Å²) in [5.41, 5.74) is 4.40. The number of H-pyrrole nitrogens is 1. The van der Waals surface area contributed by atoms with Gasteiger partial charge in [-0.15, -0.1) is 0 Å². The largest absolute Gasteiger partial charge is 0.353 e. The Labute approximate surface area is 156 Å². The molecule has 0 radical (unpaired) electrons. The fraction of sp³-hybridized carbons (Fsp3) is 0.143. The third-order valence-electron chi connectivity index (χ3n) is 4.92. The van der Waals surface area contributed by atoms with Crippen LogP contribution in [0, 0.1) is 11.3 Å². The summed E-state index contributed by atoms with van der Waals surface area (Å²) in [6.45, 7) is 1.67. The van der Waals surface area contributed by atoms with Crippen molar-refractivity contribution in [3.8, 4) is 17.3 Å². The van der Waals surface area contributed by atoms with Gasteiger partial charge in [-0.05, 0) is 18.2 Å². The second-order valence-corrected chi connectivity index (χ2v) is 6.66. The molecule has 1 N–H and O–H groups in total. The zero-order valence-corrected chi connectivity index (χ0v) is 14.5. The number of aromatic amines is 1. The number of fused-ring (bicyclic) bond motifs is 1. The van der Waals surface area contributed by atoms with Crippen molar-refractivity contribution in [3.63, 3.8) is 0 Å². The molecule has 1 aliphatic rings. The first-order valence-electron chi connectivity index (χ1n) is 8.83.